The minimum absolute atomic E-state index is 0.438. The third-order valence-electron chi connectivity index (χ3n) is 2.11. The largest absolute Gasteiger partial charge is 0.268 e. The van der Waals surface area contributed by atoms with E-state index in [4.69, 9.17) is 0 Å². The first-order valence-electron chi connectivity index (χ1n) is 3.82. The number of hydrogen-bond donors (Lipinski definition) is 0. The highest BCUT2D eigenvalue weighted by Gasteiger charge is 2.35. The molecule has 2 heterocycles. The van der Waals surface area contributed by atoms with Crippen LogP contribution in [-0.2, 0) is 10.0 Å². The van der Waals surface area contributed by atoms with Gasteiger partial charge in [0.2, 0.25) is 0 Å². The predicted octanol–water partition coefficient (Wildman–Crippen LogP) is 1.74. The number of thiophene rings is 1. The molecule has 3 nitrogen and oxygen atoms in total. The first kappa shape index (κ1) is 8.77. The summed E-state index contributed by atoms with van der Waals surface area (Å²) >= 11 is 1.46. The van der Waals surface area contributed by atoms with Gasteiger partial charge in [-0.05, 0) is 18.4 Å². The zero-order chi connectivity index (χ0) is 9.64. The molecule has 1 aromatic heterocycles. The van der Waals surface area contributed by atoms with Gasteiger partial charge in [-0.3, -0.25) is 4.31 Å². The maximum atomic E-state index is 11.7. The number of sulfonamides is 1. The molecular formula is C8H9NO2S2. The SMILES string of the molecule is C/C=C1/c2sccc2S(=O)(=O)N1C. The van der Waals surface area contributed by atoms with Crippen molar-refractivity contribution in [3.05, 3.63) is 22.4 Å². The Labute approximate surface area is 81.4 Å². The van der Waals surface area contributed by atoms with Gasteiger partial charge in [-0.2, -0.15) is 0 Å². The van der Waals surface area contributed by atoms with Crippen LogP contribution in [0, 0.1) is 0 Å². The first-order chi connectivity index (χ1) is 6.09. The fraction of sp³-hybridized carbons (Fsp3) is 0.250. The van der Waals surface area contributed by atoms with Crippen LogP contribution in [-0.4, -0.2) is 19.8 Å². The number of allylic oxidation sites excluding steroid dienone is 1. The molecule has 1 aliphatic heterocycles. The van der Waals surface area contributed by atoms with Crippen LogP contribution < -0.4 is 0 Å². The molecule has 0 atom stereocenters. The Morgan fingerprint density at radius 1 is 1.54 bits per heavy atom. The lowest BCUT2D eigenvalue weighted by Crippen LogP contribution is -2.17. The highest BCUT2D eigenvalue weighted by Crippen LogP contribution is 2.40. The first-order valence-corrected chi connectivity index (χ1v) is 6.14. The molecule has 2 rings (SSSR count). The van der Waals surface area contributed by atoms with Gasteiger partial charge in [0.1, 0.15) is 4.90 Å². The highest BCUT2D eigenvalue weighted by atomic mass is 32.2. The van der Waals surface area contributed by atoms with Crippen LogP contribution >= 0.6 is 11.3 Å². The predicted molar refractivity (Wildman–Crippen MR) is 52.9 cm³/mol. The van der Waals surface area contributed by atoms with E-state index in [1.807, 2.05) is 13.0 Å². The number of rotatable bonds is 0. The quantitative estimate of drug-likeness (QED) is 0.661. The Hall–Kier alpha value is -0.810. The summed E-state index contributed by atoms with van der Waals surface area (Å²) < 4.78 is 24.7. The van der Waals surface area contributed by atoms with Crippen molar-refractivity contribution in [2.75, 3.05) is 7.05 Å². The molecule has 70 valence electrons. The van der Waals surface area contributed by atoms with E-state index in [9.17, 15) is 8.42 Å². The van der Waals surface area contributed by atoms with Gasteiger partial charge in [0.15, 0.2) is 0 Å². The zero-order valence-corrected chi connectivity index (χ0v) is 8.95. The fourth-order valence-electron chi connectivity index (χ4n) is 1.42. The van der Waals surface area contributed by atoms with Gasteiger partial charge in [0, 0.05) is 7.05 Å². The van der Waals surface area contributed by atoms with Crippen molar-refractivity contribution in [2.24, 2.45) is 0 Å². The van der Waals surface area contributed by atoms with Gasteiger partial charge in [-0.15, -0.1) is 11.3 Å². The summed E-state index contributed by atoms with van der Waals surface area (Å²) in [7, 11) is -1.65. The Morgan fingerprint density at radius 2 is 2.23 bits per heavy atom. The number of nitrogens with zero attached hydrogens (tertiary/aromatic N) is 1. The van der Waals surface area contributed by atoms with Gasteiger partial charge in [0.25, 0.3) is 10.0 Å². The molecule has 0 aliphatic carbocycles. The summed E-state index contributed by atoms with van der Waals surface area (Å²) in [6.45, 7) is 1.84. The van der Waals surface area contributed by atoms with Gasteiger partial charge in [0.05, 0.1) is 10.6 Å². The van der Waals surface area contributed by atoms with Gasteiger partial charge in [-0.1, -0.05) is 6.08 Å². The molecule has 0 radical (unpaired) electrons. The summed E-state index contributed by atoms with van der Waals surface area (Å²) in [6.07, 6.45) is 1.82. The van der Waals surface area contributed by atoms with E-state index in [0.717, 1.165) is 10.6 Å². The normalized spacial score (nSPS) is 22.3. The van der Waals surface area contributed by atoms with Crippen LogP contribution in [0.15, 0.2) is 22.4 Å². The van der Waals surface area contributed by atoms with Crippen molar-refractivity contribution >= 4 is 27.1 Å². The van der Waals surface area contributed by atoms with Crippen LogP contribution in [0.5, 0.6) is 0 Å². The van der Waals surface area contributed by atoms with Crippen LogP contribution in [0.4, 0.5) is 0 Å². The standard InChI is InChI=1S/C8H9NO2S2/c1-3-6-8-7(4-5-12-8)13(10,11)9(6)2/h3-5H,1-2H3/b6-3-. The lowest BCUT2D eigenvalue weighted by Gasteiger charge is -2.11. The molecule has 0 unspecified atom stereocenters. The average Bonchev–Trinajstić information content (AvgIpc) is 2.59. The second-order valence-corrected chi connectivity index (χ2v) is 5.61. The van der Waals surface area contributed by atoms with Gasteiger partial charge >= 0.3 is 0 Å². The Bertz CT molecular complexity index is 470. The zero-order valence-electron chi connectivity index (χ0n) is 7.31. The van der Waals surface area contributed by atoms with Crippen molar-refractivity contribution < 1.29 is 8.42 Å². The smallest absolute Gasteiger partial charge is 0.265 e. The molecule has 0 aromatic carbocycles. The Balaban J connectivity index is 2.80. The monoisotopic (exact) mass is 215 g/mol. The maximum absolute atomic E-state index is 11.7. The molecule has 0 bridgehead atoms. The van der Waals surface area contributed by atoms with E-state index in [1.165, 1.54) is 15.6 Å². The summed E-state index contributed by atoms with van der Waals surface area (Å²) in [6, 6.07) is 1.66. The minimum atomic E-state index is -3.23. The summed E-state index contributed by atoms with van der Waals surface area (Å²) in [5.41, 5.74) is 0.782. The second-order valence-electron chi connectivity index (χ2n) is 2.76. The molecule has 0 N–H and O–H groups in total. The van der Waals surface area contributed by atoms with Gasteiger partial charge in [-0.25, -0.2) is 8.42 Å². The van der Waals surface area contributed by atoms with Crippen molar-refractivity contribution in [1.82, 2.24) is 4.31 Å². The topological polar surface area (TPSA) is 37.4 Å². The highest BCUT2D eigenvalue weighted by molar-refractivity contribution is 7.90. The lowest BCUT2D eigenvalue weighted by molar-refractivity contribution is 0.554. The van der Waals surface area contributed by atoms with Crippen molar-refractivity contribution in [3.8, 4) is 0 Å². The number of fused-ring (bicyclic) bond motifs is 1. The van der Waals surface area contributed by atoms with Crippen LogP contribution in [0.2, 0.25) is 0 Å². The van der Waals surface area contributed by atoms with E-state index in [2.05, 4.69) is 0 Å². The van der Waals surface area contributed by atoms with Crippen LogP contribution in [0.25, 0.3) is 5.70 Å². The fourth-order valence-corrected chi connectivity index (χ4v) is 4.25. The summed E-state index contributed by atoms with van der Waals surface area (Å²) in [5.74, 6) is 0. The van der Waals surface area contributed by atoms with E-state index < -0.39 is 10.0 Å². The Kier molecular flexibility index (Phi) is 1.75. The lowest BCUT2D eigenvalue weighted by atomic mass is 10.3. The molecule has 0 saturated carbocycles. The van der Waals surface area contributed by atoms with E-state index in [0.29, 0.717) is 4.90 Å². The third kappa shape index (κ3) is 0.971. The third-order valence-corrected chi connectivity index (χ3v) is 4.99. The molecular weight excluding hydrogens is 206 g/mol. The Morgan fingerprint density at radius 3 is 2.85 bits per heavy atom. The van der Waals surface area contributed by atoms with E-state index in [1.54, 1.807) is 18.5 Å². The number of hydrogen-bond acceptors (Lipinski definition) is 3. The van der Waals surface area contributed by atoms with Crippen molar-refractivity contribution in [3.63, 3.8) is 0 Å². The molecule has 13 heavy (non-hydrogen) atoms. The van der Waals surface area contributed by atoms with E-state index in [-0.39, 0.29) is 0 Å². The molecule has 1 aliphatic rings. The summed E-state index contributed by atoms with van der Waals surface area (Å²) in [4.78, 5) is 1.29. The van der Waals surface area contributed by atoms with Crippen LogP contribution in [0.1, 0.15) is 11.8 Å². The van der Waals surface area contributed by atoms with Gasteiger partial charge < -0.3 is 0 Å². The molecule has 0 amide bonds. The minimum Gasteiger partial charge on any atom is -0.268 e. The maximum Gasteiger partial charge on any atom is 0.265 e. The van der Waals surface area contributed by atoms with E-state index >= 15 is 0 Å². The van der Waals surface area contributed by atoms with Crippen molar-refractivity contribution in [1.29, 1.82) is 0 Å². The summed E-state index contributed by atoms with van der Waals surface area (Å²) in [5, 5.41) is 1.80. The van der Waals surface area contributed by atoms with Crippen LogP contribution in [0.3, 0.4) is 0 Å². The molecule has 5 heteroatoms. The molecule has 0 saturated heterocycles. The molecule has 1 aromatic rings. The average molecular weight is 215 g/mol. The molecule has 0 spiro atoms. The molecule has 0 fully saturated rings. The second kappa shape index (κ2) is 2.59. The van der Waals surface area contributed by atoms with Crippen molar-refractivity contribution in [2.45, 2.75) is 11.8 Å².